The molecule has 0 atom stereocenters. The predicted molar refractivity (Wildman–Crippen MR) is 361 cm³/mol. The Morgan fingerprint density at radius 1 is 0.244 bits per heavy atom. The third-order valence-corrected chi connectivity index (χ3v) is 19.1. The lowest BCUT2D eigenvalue weighted by Crippen LogP contribution is -2.50. The van der Waals surface area contributed by atoms with Crippen LogP contribution >= 0.6 is 0 Å². The monoisotopic (exact) mass is 1090 g/mol. The number of hydrogen-bond acceptors (Lipinski definition) is 1. The molecule has 0 N–H and O–H groups in total. The molecule has 0 aromatic heterocycles. The summed E-state index contributed by atoms with van der Waals surface area (Å²) in [5.74, 6) is 0. The summed E-state index contributed by atoms with van der Waals surface area (Å²) in [5.41, 5.74) is 28.6. The quantitative estimate of drug-likeness (QED) is 0.130. The fraction of sp³-hybridized carbons (Fsp3) is 0.0238. The van der Waals surface area contributed by atoms with Gasteiger partial charge in [-0.3, -0.25) is 0 Å². The second-order valence-electron chi connectivity index (χ2n) is 23.3. The topological polar surface area (TPSA) is 3.24 Å². The molecule has 0 fully saturated rings. The van der Waals surface area contributed by atoms with Gasteiger partial charge in [0.1, 0.15) is 0 Å². The maximum atomic E-state index is 2.60. The molecule has 400 valence electrons. The summed E-state index contributed by atoms with van der Waals surface area (Å²) in [6, 6.07) is 128. The molecule has 0 saturated carbocycles. The van der Waals surface area contributed by atoms with Gasteiger partial charge in [-0.05, 0) is 135 Å². The van der Waals surface area contributed by atoms with Crippen LogP contribution in [0.1, 0.15) is 44.5 Å². The minimum atomic E-state index is -0.680. The third-order valence-electron chi connectivity index (χ3n) is 19.1. The molecule has 2 heterocycles. The standard InChI is InChI=1S/C84H56BN/c1-8-29-57(30-9-1)66-45-28-46-70-80-78(58-31-10-2-11-32-58)68-43-22-23-44-69(68)79(59-33-12-3-13-34-59)82(80)85(81(66)70)64-51-54-72-71(55-64)67-53-52-65(56-75(67)83(72,60-35-14-4-15-36-60)61-37-16-5-17-38-61)86-76-49-26-24-47-73(76)84(62-39-18-6-19-40-62,63-41-20-7-21-42-63)74-48-25-27-50-77(74)86/h1-56H. The molecule has 3 aliphatic rings. The van der Waals surface area contributed by atoms with Gasteiger partial charge in [0.25, 0.3) is 0 Å². The molecule has 17 rings (SSSR count). The zero-order chi connectivity index (χ0) is 56.8. The van der Waals surface area contributed by atoms with Gasteiger partial charge in [-0.25, -0.2) is 0 Å². The largest absolute Gasteiger partial charge is 0.310 e. The SMILES string of the molecule is c1ccc(-c2cccc3c2B(c2ccc4c(c2)-c2ccc(N5c6ccccc6C(c6ccccc6)(c6ccccc6)c6ccccc65)cc2C4(c2ccccc2)c2ccccc2)c2c-3c(-c3ccccc3)c3ccccc3c2-c2ccccc2)cc1. The minimum Gasteiger partial charge on any atom is -0.310 e. The van der Waals surface area contributed by atoms with E-state index in [-0.39, 0.29) is 6.71 Å². The van der Waals surface area contributed by atoms with E-state index in [2.05, 4.69) is 345 Å². The Morgan fingerprint density at radius 2 is 0.674 bits per heavy atom. The highest BCUT2D eigenvalue weighted by molar-refractivity contribution is 7.01. The summed E-state index contributed by atoms with van der Waals surface area (Å²) in [4.78, 5) is 2.54. The molecule has 14 aromatic carbocycles. The van der Waals surface area contributed by atoms with Gasteiger partial charge in [-0.2, -0.15) is 0 Å². The van der Waals surface area contributed by atoms with E-state index < -0.39 is 10.8 Å². The summed E-state index contributed by atoms with van der Waals surface area (Å²) in [6.45, 7) is -0.133. The zero-order valence-electron chi connectivity index (χ0n) is 47.4. The summed E-state index contributed by atoms with van der Waals surface area (Å²) in [5, 5.41) is 2.51. The van der Waals surface area contributed by atoms with Gasteiger partial charge < -0.3 is 4.90 Å². The van der Waals surface area contributed by atoms with Gasteiger partial charge in [0.2, 0.25) is 6.71 Å². The molecule has 0 radical (unpaired) electrons. The Morgan fingerprint density at radius 3 is 1.21 bits per heavy atom. The Balaban J connectivity index is 0.954. The average molecular weight is 1090 g/mol. The van der Waals surface area contributed by atoms with Crippen LogP contribution in [0.3, 0.4) is 0 Å². The van der Waals surface area contributed by atoms with Crippen molar-refractivity contribution in [2.24, 2.45) is 0 Å². The number of para-hydroxylation sites is 2. The molecule has 0 saturated heterocycles. The van der Waals surface area contributed by atoms with Crippen LogP contribution in [0.5, 0.6) is 0 Å². The Bertz CT molecular complexity index is 4780. The lowest BCUT2D eigenvalue weighted by atomic mass is 9.37. The molecular formula is C84H56BN. The highest BCUT2D eigenvalue weighted by Crippen LogP contribution is 2.61. The van der Waals surface area contributed by atoms with Crippen molar-refractivity contribution in [1.29, 1.82) is 0 Å². The second kappa shape index (κ2) is 19.9. The van der Waals surface area contributed by atoms with Gasteiger partial charge in [-0.1, -0.05) is 332 Å². The first kappa shape index (κ1) is 49.8. The summed E-state index contributed by atoms with van der Waals surface area (Å²) in [7, 11) is 0. The summed E-state index contributed by atoms with van der Waals surface area (Å²) < 4.78 is 0. The van der Waals surface area contributed by atoms with Crippen molar-refractivity contribution in [2.75, 3.05) is 4.90 Å². The van der Waals surface area contributed by atoms with E-state index in [9.17, 15) is 0 Å². The van der Waals surface area contributed by atoms with E-state index in [1.54, 1.807) is 0 Å². The van der Waals surface area contributed by atoms with Crippen LogP contribution in [0.2, 0.25) is 0 Å². The molecule has 0 amide bonds. The molecule has 0 bridgehead atoms. The summed E-state index contributed by atoms with van der Waals surface area (Å²) in [6.07, 6.45) is 0. The Labute approximate surface area is 503 Å². The highest BCUT2D eigenvalue weighted by Gasteiger charge is 2.50. The van der Waals surface area contributed by atoms with Crippen LogP contribution in [0.4, 0.5) is 17.1 Å². The van der Waals surface area contributed by atoms with E-state index in [0.717, 1.165) is 17.1 Å². The van der Waals surface area contributed by atoms with Crippen molar-refractivity contribution >= 4 is 50.9 Å². The number of benzene rings is 14. The lowest BCUT2D eigenvalue weighted by molar-refractivity contribution is 0.730. The highest BCUT2D eigenvalue weighted by atomic mass is 15.2. The number of nitrogens with zero attached hydrogens (tertiary/aromatic N) is 1. The smallest absolute Gasteiger partial charge is 0.244 e. The molecule has 86 heavy (non-hydrogen) atoms. The van der Waals surface area contributed by atoms with Crippen molar-refractivity contribution in [2.45, 2.75) is 10.8 Å². The molecule has 14 aromatic rings. The van der Waals surface area contributed by atoms with Crippen LogP contribution < -0.4 is 21.3 Å². The number of hydrogen-bond donors (Lipinski definition) is 0. The van der Waals surface area contributed by atoms with Gasteiger partial charge in [0.15, 0.2) is 0 Å². The molecule has 2 aliphatic heterocycles. The fourth-order valence-electron chi connectivity index (χ4n) is 15.8. The van der Waals surface area contributed by atoms with E-state index >= 15 is 0 Å². The van der Waals surface area contributed by atoms with E-state index in [1.807, 2.05) is 0 Å². The van der Waals surface area contributed by atoms with Gasteiger partial charge in [0, 0.05) is 5.69 Å². The third kappa shape index (κ3) is 7.20. The van der Waals surface area contributed by atoms with Crippen molar-refractivity contribution in [3.8, 4) is 55.6 Å². The van der Waals surface area contributed by atoms with Crippen LogP contribution in [0.25, 0.3) is 66.4 Å². The number of fused-ring (bicyclic) bond motifs is 9. The average Bonchev–Trinajstić information content (AvgIpc) is 1.42. The molecule has 1 aliphatic carbocycles. The molecule has 2 heteroatoms. The van der Waals surface area contributed by atoms with E-state index in [4.69, 9.17) is 0 Å². The molecular weight excluding hydrogens is 1030 g/mol. The molecule has 0 unspecified atom stereocenters. The van der Waals surface area contributed by atoms with Crippen LogP contribution in [0.15, 0.2) is 340 Å². The first-order chi connectivity index (χ1) is 42.7. The summed E-state index contributed by atoms with van der Waals surface area (Å²) >= 11 is 0. The van der Waals surface area contributed by atoms with Gasteiger partial charge >= 0.3 is 0 Å². The van der Waals surface area contributed by atoms with Crippen molar-refractivity contribution in [3.63, 3.8) is 0 Å². The predicted octanol–water partition coefficient (Wildman–Crippen LogP) is 18.9. The lowest BCUT2D eigenvalue weighted by Gasteiger charge is -2.46. The number of anilines is 3. The normalized spacial score (nSPS) is 13.7. The van der Waals surface area contributed by atoms with Crippen molar-refractivity contribution in [1.82, 2.24) is 0 Å². The van der Waals surface area contributed by atoms with Gasteiger partial charge in [0.05, 0.1) is 22.2 Å². The fourth-order valence-corrected chi connectivity index (χ4v) is 15.8. The number of rotatable bonds is 9. The zero-order valence-corrected chi connectivity index (χ0v) is 47.4. The first-order valence-corrected chi connectivity index (χ1v) is 30.1. The van der Waals surface area contributed by atoms with E-state index in [0.29, 0.717) is 0 Å². The maximum Gasteiger partial charge on any atom is 0.244 e. The minimum absolute atomic E-state index is 0.133. The Kier molecular flexibility index (Phi) is 11.5. The Hall–Kier alpha value is -10.8. The van der Waals surface area contributed by atoms with Crippen LogP contribution in [0, 0.1) is 0 Å². The van der Waals surface area contributed by atoms with E-state index in [1.165, 1.54) is 127 Å². The van der Waals surface area contributed by atoms with Crippen LogP contribution in [-0.4, -0.2) is 6.71 Å². The van der Waals surface area contributed by atoms with Crippen molar-refractivity contribution in [3.05, 3.63) is 384 Å². The van der Waals surface area contributed by atoms with Crippen molar-refractivity contribution < 1.29 is 0 Å². The molecule has 1 nitrogen and oxygen atoms in total. The second-order valence-corrected chi connectivity index (χ2v) is 23.3. The first-order valence-electron chi connectivity index (χ1n) is 30.1. The van der Waals surface area contributed by atoms with Crippen LogP contribution in [-0.2, 0) is 10.8 Å². The van der Waals surface area contributed by atoms with Gasteiger partial charge in [-0.15, -0.1) is 0 Å². The molecule has 0 spiro atoms. The maximum absolute atomic E-state index is 2.60.